The van der Waals surface area contributed by atoms with E-state index in [1.165, 1.54) is 12.1 Å². The molecule has 0 bridgehead atoms. The van der Waals surface area contributed by atoms with Crippen LogP contribution in [0.4, 0.5) is 5.82 Å². The zero-order chi connectivity index (χ0) is 22.1. The van der Waals surface area contributed by atoms with Gasteiger partial charge in [-0.1, -0.05) is 45.1 Å². The van der Waals surface area contributed by atoms with Gasteiger partial charge >= 0.3 is 5.82 Å². The van der Waals surface area contributed by atoms with E-state index in [1.807, 2.05) is 0 Å². The van der Waals surface area contributed by atoms with Crippen LogP contribution in [-0.4, -0.2) is 35.8 Å². The van der Waals surface area contributed by atoms with Crippen LogP contribution in [0.3, 0.4) is 0 Å². The third kappa shape index (κ3) is 4.13. The molecule has 156 valence electrons. The molecule has 0 fully saturated rings. The number of rotatable bonds is 6. The molecule has 0 saturated carbocycles. The van der Waals surface area contributed by atoms with Gasteiger partial charge in [0.05, 0.1) is 15.6 Å². The molecule has 2 heterocycles. The van der Waals surface area contributed by atoms with E-state index < -0.39 is 10.7 Å². The van der Waals surface area contributed by atoms with E-state index in [-0.39, 0.29) is 39.5 Å². The maximum absolute atomic E-state index is 12.8. The first-order chi connectivity index (χ1) is 14.8. The Bertz CT molecular complexity index is 1270. The van der Waals surface area contributed by atoms with Gasteiger partial charge in [-0.3, -0.25) is 4.79 Å². The Balaban J connectivity index is 1.68. The summed E-state index contributed by atoms with van der Waals surface area (Å²) < 4.78 is 5.64. The highest BCUT2D eigenvalue weighted by atomic mass is 35.5. The molecule has 0 atom stereocenters. The molecule has 10 nitrogen and oxygen atoms in total. The second-order valence-corrected chi connectivity index (χ2v) is 7.45. The third-order valence-corrected chi connectivity index (χ3v) is 5.07. The fourth-order valence-corrected chi connectivity index (χ4v) is 3.70. The van der Waals surface area contributed by atoms with Gasteiger partial charge in [-0.25, -0.2) is 0 Å². The molecule has 0 radical (unpaired) electrons. The fraction of sp³-hybridized carbons (Fsp3) is 0.0556. The van der Waals surface area contributed by atoms with Crippen molar-refractivity contribution in [2.45, 2.75) is 6.54 Å². The molecule has 0 saturated heterocycles. The molecule has 0 spiro atoms. The van der Waals surface area contributed by atoms with Crippen LogP contribution < -0.4 is 0 Å². The SMILES string of the molecule is O=C(c1ccc(Cl)cc1)c1c(Cl)cc(Cn2nnc(-c3ncon3)c2[N+](=O)[O-])cc1Cl. The second kappa shape index (κ2) is 8.42. The number of hydrogen-bond donors (Lipinski definition) is 0. The van der Waals surface area contributed by atoms with Crippen LogP contribution in [0.1, 0.15) is 21.5 Å². The van der Waals surface area contributed by atoms with Crippen molar-refractivity contribution < 1.29 is 14.2 Å². The maximum atomic E-state index is 12.8. The van der Waals surface area contributed by atoms with Gasteiger partial charge in [0, 0.05) is 15.8 Å². The molecule has 0 aliphatic rings. The second-order valence-electron chi connectivity index (χ2n) is 6.20. The minimum atomic E-state index is -0.659. The first-order valence-electron chi connectivity index (χ1n) is 8.48. The lowest BCUT2D eigenvalue weighted by molar-refractivity contribution is -0.391. The summed E-state index contributed by atoms with van der Waals surface area (Å²) in [4.78, 5) is 27.5. The van der Waals surface area contributed by atoms with Crippen LogP contribution in [0.2, 0.25) is 15.1 Å². The molecule has 13 heteroatoms. The molecule has 0 N–H and O–H groups in total. The number of nitro groups is 1. The highest BCUT2D eigenvalue weighted by molar-refractivity contribution is 6.41. The van der Waals surface area contributed by atoms with E-state index in [4.69, 9.17) is 34.8 Å². The molecular weight excluding hydrogens is 471 g/mol. The standard InChI is InChI=1S/C18H9Cl3N6O4/c19-11-3-1-10(2-4-11)16(28)14-12(20)5-9(6-13(14)21)7-26-18(27(29)30)15(23-25-26)17-22-8-31-24-17/h1-6,8H,7H2. The Kier molecular flexibility index (Phi) is 5.68. The zero-order valence-corrected chi connectivity index (χ0v) is 17.5. The number of nitrogens with zero attached hydrogens (tertiary/aromatic N) is 6. The zero-order valence-electron chi connectivity index (χ0n) is 15.2. The first-order valence-corrected chi connectivity index (χ1v) is 9.61. The number of carbonyl (C=O) groups is 1. The van der Waals surface area contributed by atoms with Gasteiger partial charge in [0.2, 0.25) is 17.9 Å². The Morgan fingerprint density at radius 2 is 1.81 bits per heavy atom. The highest BCUT2D eigenvalue weighted by Gasteiger charge is 2.29. The van der Waals surface area contributed by atoms with Crippen LogP contribution >= 0.6 is 34.8 Å². The van der Waals surface area contributed by atoms with E-state index in [0.717, 1.165) is 11.1 Å². The van der Waals surface area contributed by atoms with Crippen molar-refractivity contribution in [2.24, 2.45) is 0 Å². The van der Waals surface area contributed by atoms with Gasteiger partial charge in [-0.05, 0) is 46.9 Å². The molecular formula is C18H9Cl3N6O4. The summed E-state index contributed by atoms with van der Waals surface area (Å²) >= 11 is 18.5. The summed E-state index contributed by atoms with van der Waals surface area (Å²) in [6.07, 6.45) is 1.02. The van der Waals surface area contributed by atoms with Crippen LogP contribution in [0.25, 0.3) is 11.5 Å². The number of ketones is 1. The fourth-order valence-electron chi connectivity index (χ4n) is 2.87. The molecule has 0 unspecified atom stereocenters. The predicted molar refractivity (Wildman–Crippen MR) is 110 cm³/mol. The monoisotopic (exact) mass is 478 g/mol. The van der Waals surface area contributed by atoms with Gasteiger partial charge in [0.1, 0.15) is 6.54 Å². The summed E-state index contributed by atoms with van der Waals surface area (Å²) in [6, 6.07) is 9.24. The number of halogens is 3. The van der Waals surface area contributed by atoms with Crippen LogP contribution in [0, 0.1) is 10.1 Å². The average molecular weight is 480 g/mol. The minimum absolute atomic E-state index is 0.0714. The predicted octanol–water partition coefficient (Wildman–Crippen LogP) is 4.48. The number of hydrogen-bond acceptors (Lipinski definition) is 8. The van der Waals surface area contributed by atoms with Gasteiger partial charge in [0.15, 0.2) is 5.78 Å². The lowest BCUT2D eigenvalue weighted by atomic mass is 10.0. The smallest absolute Gasteiger partial charge is 0.358 e. The lowest BCUT2D eigenvalue weighted by Crippen LogP contribution is -2.08. The van der Waals surface area contributed by atoms with Crippen molar-refractivity contribution >= 4 is 46.4 Å². The van der Waals surface area contributed by atoms with E-state index in [9.17, 15) is 14.9 Å². The number of carbonyl (C=O) groups excluding carboxylic acids is 1. The quantitative estimate of drug-likeness (QED) is 0.225. The van der Waals surface area contributed by atoms with Gasteiger partial charge in [0.25, 0.3) is 0 Å². The van der Waals surface area contributed by atoms with Crippen molar-refractivity contribution in [1.29, 1.82) is 0 Å². The number of benzene rings is 2. The highest BCUT2D eigenvalue weighted by Crippen LogP contribution is 2.31. The summed E-state index contributed by atoms with van der Waals surface area (Å²) in [5.74, 6) is -0.891. The summed E-state index contributed by atoms with van der Waals surface area (Å²) in [7, 11) is 0. The molecule has 31 heavy (non-hydrogen) atoms. The van der Waals surface area contributed by atoms with Gasteiger partial charge in [-0.2, -0.15) is 4.98 Å². The molecule has 2 aromatic carbocycles. The van der Waals surface area contributed by atoms with E-state index >= 15 is 0 Å². The van der Waals surface area contributed by atoms with Crippen LogP contribution in [0.15, 0.2) is 47.3 Å². The van der Waals surface area contributed by atoms with Crippen molar-refractivity contribution in [3.8, 4) is 11.5 Å². The van der Waals surface area contributed by atoms with Crippen LogP contribution in [-0.2, 0) is 6.54 Å². The minimum Gasteiger partial charge on any atom is -0.358 e. The first kappa shape index (κ1) is 20.9. The summed E-state index contributed by atoms with van der Waals surface area (Å²) in [5.41, 5.74) is 0.786. The topological polar surface area (TPSA) is 130 Å². The Morgan fingerprint density at radius 1 is 1.13 bits per heavy atom. The van der Waals surface area contributed by atoms with Crippen molar-refractivity contribution in [2.75, 3.05) is 0 Å². The van der Waals surface area contributed by atoms with Crippen LogP contribution in [0.5, 0.6) is 0 Å². The molecule has 4 rings (SSSR count). The molecule has 0 aliphatic carbocycles. The largest absolute Gasteiger partial charge is 0.377 e. The Labute approximate surface area is 188 Å². The van der Waals surface area contributed by atoms with E-state index in [2.05, 4.69) is 25.0 Å². The molecule has 4 aromatic rings. The Hall–Kier alpha value is -3.34. The maximum Gasteiger partial charge on any atom is 0.377 e. The molecule has 2 aromatic heterocycles. The van der Waals surface area contributed by atoms with Crippen molar-refractivity contribution in [3.63, 3.8) is 0 Å². The normalized spacial score (nSPS) is 10.9. The Morgan fingerprint density at radius 3 is 2.39 bits per heavy atom. The van der Waals surface area contributed by atoms with Gasteiger partial charge in [-0.15, -0.1) is 4.68 Å². The number of aromatic nitrogens is 5. The van der Waals surface area contributed by atoms with Crippen molar-refractivity contribution in [1.82, 2.24) is 25.1 Å². The van der Waals surface area contributed by atoms with E-state index in [1.54, 1.807) is 24.3 Å². The summed E-state index contributed by atoms with van der Waals surface area (Å²) in [5, 5.41) is 23.3. The van der Waals surface area contributed by atoms with E-state index in [0.29, 0.717) is 16.1 Å². The third-order valence-electron chi connectivity index (χ3n) is 4.22. The average Bonchev–Trinajstić information content (AvgIpc) is 3.37. The molecule has 0 amide bonds. The van der Waals surface area contributed by atoms with Gasteiger partial charge < -0.3 is 14.6 Å². The molecule has 0 aliphatic heterocycles. The van der Waals surface area contributed by atoms with Crippen molar-refractivity contribution in [3.05, 3.63) is 84.7 Å². The summed E-state index contributed by atoms with van der Waals surface area (Å²) in [6.45, 7) is -0.0873. The lowest BCUT2D eigenvalue weighted by Gasteiger charge is -2.09.